The molecule has 2 N–H and O–H groups in total. The monoisotopic (exact) mass is 266 g/mol. The summed E-state index contributed by atoms with van der Waals surface area (Å²) in [5.74, 6) is 2.70. The Labute approximate surface area is 109 Å². The largest absolute Gasteiger partial charge is 0.340 e. The normalized spacial score (nSPS) is 20.0. The highest BCUT2D eigenvalue weighted by molar-refractivity contribution is 7.99. The van der Waals surface area contributed by atoms with Crippen molar-refractivity contribution in [1.29, 1.82) is 0 Å². The first-order valence-electron chi connectivity index (χ1n) is 5.70. The summed E-state index contributed by atoms with van der Waals surface area (Å²) < 4.78 is 0. The lowest BCUT2D eigenvalue weighted by molar-refractivity contribution is -0.127. The fourth-order valence-electron chi connectivity index (χ4n) is 1.58. The van der Waals surface area contributed by atoms with Gasteiger partial charge >= 0.3 is 0 Å². The SMILES string of the molecule is CC(C)CCSCC(=O)N1CC[C@@H](N)C1.Cl. The Bertz CT molecular complexity index is 214. The molecule has 0 spiro atoms. The van der Waals surface area contributed by atoms with Crippen molar-refractivity contribution in [2.24, 2.45) is 11.7 Å². The van der Waals surface area contributed by atoms with Gasteiger partial charge in [0, 0.05) is 19.1 Å². The number of amides is 1. The fraction of sp³-hybridized carbons (Fsp3) is 0.909. The maximum atomic E-state index is 11.7. The van der Waals surface area contributed by atoms with Gasteiger partial charge < -0.3 is 10.6 Å². The van der Waals surface area contributed by atoms with Crippen LogP contribution in [0.3, 0.4) is 0 Å². The first-order chi connectivity index (χ1) is 7.09. The molecule has 0 aromatic heterocycles. The van der Waals surface area contributed by atoms with Crippen molar-refractivity contribution in [2.75, 3.05) is 24.6 Å². The number of halogens is 1. The van der Waals surface area contributed by atoms with Crippen LogP contribution in [0.1, 0.15) is 26.7 Å². The third-order valence-corrected chi connectivity index (χ3v) is 3.62. The van der Waals surface area contributed by atoms with Gasteiger partial charge in [-0.15, -0.1) is 12.4 Å². The summed E-state index contributed by atoms with van der Waals surface area (Å²) in [6.45, 7) is 6.03. The zero-order valence-corrected chi connectivity index (χ0v) is 11.8. The lowest BCUT2D eigenvalue weighted by Gasteiger charge is -2.15. The Morgan fingerprint density at radius 3 is 2.75 bits per heavy atom. The molecule has 1 saturated heterocycles. The van der Waals surface area contributed by atoms with Gasteiger partial charge in [-0.1, -0.05) is 13.8 Å². The summed E-state index contributed by atoms with van der Waals surface area (Å²) >= 11 is 1.75. The molecular weight excluding hydrogens is 244 g/mol. The van der Waals surface area contributed by atoms with E-state index in [0.29, 0.717) is 5.75 Å². The third-order valence-electron chi connectivity index (χ3n) is 2.64. The number of nitrogens with zero attached hydrogens (tertiary/aromatic N) is 1. The van der Waals surface area contributed by atoms with Gasteiger partial charge in [-0.05, 0) is 24.5 Å². The van der Waals surface area contributed by atoms with Crippen LogP contribution in [0.2, 0.25) is 0 Å². The molecule has 3 nitrogen and oxygen atoms in total. The van der Waals surface area contributed by atoms with Crippen LogP contribution in [-0.2, 0) is 4.79 Å². The zero-order valence-electron chi connectivity index (χ0n) is 10.1. The molecule has 0 aliphatic carbocycles. The van der Waals surface area contributed by atoms with Crippen molar-refractivity contribution in [1.82, 2.24) is 4.90 Å². The topological polar surface area (TPSA) is 46.3 Å². The quantitative estimate of drug-likeness (QED) is 0.772. The maximum Gasteiger partial charge on any atom is 0.232 e. The summed E-state index contributed by atoms with van der Waals surface area (Å²) in [4.78, 5) is 13.6. The van der Waals surface area contributed by atoms with Crippen LogP contribution in [0, 0.1) is 5.92 Å². The molecular formula is C11H23ClN2OS. The molecule has 1 atom stereocenters. The number of hydrogen-bond acceptors (Lipinski definition) is 3. The van der Waals surface area contributed by atoms with Gasteiger partial charge in [0.15, 0.2) is 0 Å². The zero-order chi connectivity index (χ0) is 11.3. The van der Waals surface area contributed by atoms with E-state index in [-0.39, 0.29) is 24.4 Å². The van der Waals surface area contributed by atoms with Gasteiger partial charge in [-0.25, -0.2) is 0 Å². The second-order valence-corrected chi connectivity index (χ2v) is 5.73. The molecule has 1 fully saturated rings. The highest BCUT2D eigenvalue weighted by Gasteiger charge is 2.22. The van der Waals surface area contributed by atoms with E-state index in [1.807, 2.05) is 4.90 Å². The van der Waals surface area contributed by atoms with E-state index in [0.717, 1.165) is 31.2 Å². The van der Waals surface area contributed by atoms with Gasteiger partial charge in [0.2, 0.25) is 5.91 Å². The predicted octanol–water partition coefficient (Wildman–Crippen LogP) is 1.75. The molecule has 0 radical (unpaired) electrons. The molecule has 16 heavy (non-hydrogen) atoms. The molecule has 1 amide bonds. The number of hydrogen-bond donors (Lipinski definition) is 1. The Morgan fingerprint density at radius 1 is 1.56 bits per heavy atom. The van der Waals surface area contributed by atoms with Crippen molar-refractivity contribution >= 4 is 30.1 Å². The Kier molecular flexibility index (Phi) is 8.24. The molecule has 5 heteroatoms. The molecule has 0 saturated carbocycles. The number of rotatable bonds is 5. The lowest BCUT2D eigenvalue weighted by atomic mass is 10.2. The van der Waals surface area contributed by atoms with Crippen LogP contribution in [0.25, 0.3) is 0 Å². The standard InChI is InChI=1S/C11H22N2OS.ClH/c1-9(2)4-6-15-8-11(14)13-5-3-10(12)7-13;/h9-10H,3-8,12H2,1-2H3;1H/t10-;/m1./s1. The number of carbonyl (C=O) groups is 1. The van der Waals surface area contributed by atoms with Crippen molar-refractivity contribution < 1.29 is 4.79 Å². The molecule has 1 aliphatic rings. The Hall–Kier alpha value is 0.0700. The van der Waals surface area contributed by atoms with Crippen molar-refractivity contribution in [3.8, 4) is 0 Å². The summed E-state index contributed by atoms with van der Waals surface area (Å²) in [6, 6.07) is 0.203. The van der Waals surface area contributed by atoms with Crippen LogP contribution in [-0.4, -0.2) is 41.4 Å². The Morgan fingerprint density at radius 2 is 2.25 bits per heavy atom. The smallest absolute Gasteiger partial charge is 0.232 e. The second kappa shape index (κ2) is 8.20. The van der Waals surface area contributed by atoms with Crippen LogP contribution in [0.5, 0.6) is 0 Å². The summed E-state index contributed by atoms with van der Waals surface area (Å²) in [6.07, 6.45) is 2.15. The fourth-order valence-corrected chi connectivity index (χ4v) is 2.72. The molecule has 0 aromatic carbocycles. The number of thioether (sulfide) groups is 1. The van der Waals surface area contributed by atoms with Gasteiger partial charge in [0.05, 0.1) is 5.75 Å². The first kappa shape index (κ1) is 16.1. The van der Waals surface area contributed by atoms with Gasteiger partial charge in [0.25, 0.3) is 0 Å². The molecule has 1 aliphatic heterocycles. The predicted molar refractivity (Wildman–Crippen MR) is 73.2 cm³/mol. The summed E-state index contributed by atoms with van der Waals surface area (Å²) in [5.41, 5.74) is 5.76. The van der Waals surface area contributed by atoms with Crippen molar-refractivity contribution in [2.45, 2.75) is 32.7 Å². The molecule has 1 rings (SSSR count). The summed E-state index contributed by atoms with van der Waals surface area (Å²) in [5, 5.41) is 0. The van der Waals surface area contributed by atoms with Crippen LogP contribution in [0.4, 0.5) is 0 Å². The number of carbonyl (C=O) groups excluding carboxylic acids is 1. The van der Waals surface area contributed by atoms with E-state index in [2.05, 4.69) is 13.8 Å². The highest BCUT2D eigenvalue weighted by atomic mass is 35.5. The molecule has 1 heterocycles. The van der Waals surface area contributed by atoms with E-state index >= 15 is 0 Å². The van der Waals surface area contributed by atoms with Gasteiger partial charge in [-0.3, -0.25) is 4.79 Å². The molecule has 0 unspecified atom stereocenters. The van der Waals surface area contributed by atoms with Crippen LogP contribution < -0.4 is 5.73 Å². The average Bonchev–Trinajstić information content (AvgIpc) is 2.59. The van der Waals surface area contributed by atoms with E-state index < -0.39 is 0 Å². The third kappa shape index (κ3) is 5.97. The number of likely N-dealkylation sites (tertiary alicyclic amines) is 1. The van der Waals surface area contributed by atoms with Crippen LogP contribution >= 0.6 is 24.2 Å². The minimum absolute atomic E-state index is 0. The van der Waals surface area contributed by atoms with Gasteiger partial charge in [-0.2, -0.15) is 11.8 Å². The van der Waals surface area contributed by atoms with E-state index in [1.165, 1.54) is 6.42 Å². The van der Waals surface area contributed by atoms with Crippen molar-refractivity contribution in [3.05, 3.63) is 0 Å². The first-order valence-corrected chi connectivity index (χ1v) is 6.86. The molecule has 96 valence electrons. The number of nitrogens with two attached hydrogens (primary N) is 1. The Balaban J connectivity index is 0.00000225. The molecule has 0 bridgehead atoms. The molecule has 0 aromatic rings. The van der Waals surface area contributed by atoms with E-state index in [1.54, 1.807) is 11.8 Å². The second-order valence-electron chi connectivity index (χ2n) is 4.62. The lowest BCUT2D eigenvalue weighted by Crippen LogP contribution is -2.33. The highest BCUT2D eigenvalue weighted by Crippen LogP contribution is 2.12. The van der Waals surface area contributed by atoms with Gasteiger partial charge in [0.1, 0.15) is 0 Å². The average molecular weight is 267 g/mol. The minimum Gasteiger partial charge on any atom is -0.340 e. The minimum atomic E-state index is 0. The maximum absolute atomic E-state index is 11.7. The van der Waals surface area contributed by atoms with Crippen molar-refractivity contribution in [3.63, 3.8) is 0 Å². The summed E-state index contributed by atoms with van der Waals surface area (Å²) in [7, 11) is 0. The van der Waals surface area contributed by atoms with E-state index in [4.69, 9.17) is 5.73 Å². The van der Waals surface area contributed by atoms with Crippen LogP contribution in [0.15, 0.2) is 0 Å². The van der Waals surface area contributed by atoms with E-state index in [9.17, 15) is 4.79 Å².